The highest BCUT2D eigenvalue weighted by Gasteiger charge is 2.29. The Labute approximate surface area is 126 Å². The Morgan fingerprint density at radius 1 is 1.30 bits per heavy atom. The summed E-state index contributed by atoms with van der Waals surface area (Å²) < 4.78 is 13.1. The van der Waals surface area contributed by atoms with Crippen LogP contribution in [0.3, 0.4) is 0 Å². The van der Waals surface area contributed by atoms with Gasteiger partial charge in [-0.15, -0.1) is 0 Å². The highest BCUT2D eigenvalue weighted by molar-refractivity contribution is 6.31. The molecule has 1 aromatic carbocycles. The van der Waals surface area contributed by atoms with Gasteiger partial charge in [-0.3, -0.25) is 0 Å². The number of hydrogen-bond acceptors (Lipinski definition) is 1. The van der Waals surface area contributed by atoms with Crippen LogP contribution in [0.25, 0.3) is 0 Å². The Hall–Kier alpha value is -0.600. The first-order valence-electron chi connectivity index (χ1n) is 7.72. The van der Waals surface area contributed by atoms with Gasteiger partial charge in [-0.2, -0.15) is 0 Å². The third-order valence-corrected chi connectivity index (χ3v) is 5.14. The summed E-state index contributed by atoms with van der Waals surface area (Å²) in [5.74, 6) is 1.96. The summed E-state index contributed by atoms with van der Waals surface area (Å²) in [4.78, 5) is 0. The average molecular weight is 298 g/mol. The summed E-state index contributed by atoms with van der Waals surface area (Å²) in [5, 5.41) is 3.89. The van der Waals surface area contributed by atoms with Crippen LogP contribution in [0, 0.1) is 23.6 Å². The largest absolute Gasteiger partial charge is 0.319 e. The van der Waals surface area contributed by atoms with E-state index >= 15 is 0 Å². The molecule has 1 aliphatic rings. The van der Waals surface area contributed by atoms with Gasteiger partial charge in [0.2, 0.25) is 0 Å². The Morgan fingerprint density at radius 2 is 2.10 bits per heavy atom. The lowest BCUT2D eigenvalue weighted by molar-refractivity contribution is 0.173. The Balaban J connectivity index is 2.09. The molecule has 0 aliphatic heterocycles. The van der Waals surface area contributed by atoms with Crippen molar-refractivity contribution in [3.05, 3.63) is 34.6 Å². The highest BCUT2D eigenvalue weighted by Crippen LogP contribution is 2.38. The first-order chi connectivity index (χ1) is 9.63. The molecule has 112 valence electrons. The number of halogens is 2. The van der Waals surface area contributed by atoms with E-state index in [2.05, 4.69) is 12.2 Å². The van der Waals surface area contributed by atoms with Crippen molar-refractivity contribution in [3.8, 4) is 0 Å². The van der Waals surface area contributed by atoms with Gasteiger partial charge in [0.25, 0.3) is 0 Å². The van der Waals surface area contributed by atoms with Crippen LogP contribution < -0.4 is 5.32 Å². The standard InChI is InChI=1S/C17H25ClFN/c1-3-12-4-5-14(11-20-2)15(8-12)9-13-6-7-16(19)10-17(13)18/h6-7,10,12,14-15,20H,3-5,8-9,11H2,1-2H3. The van der Waals surface area contributed by atoms with E-state index in [1.807, 2.05) is 13.1 Å². The molecule has 0 spiro atoms. The molecular weight excluding hydrogens is 273 g/mol. The van der Waals surface area contributed by atoms with Crippen LogP contribution in [0.4, 0.5) is 4.39 Å². The molecule has 20 heavy (non-hydrogen) atoms. The molecule has 3 atom stereocenters. The first-order valence-corrected chi connectivity index (χ1v) is 8.10. The van der Waals surface area contributed by atoms with E-state index in [1.54, 1.807) is 0 Å². The lowest BCUT2D eigenvalue weighted by atomic mass is 9.71. The van der Waals surface area contributed by atoms with Gasteiger partial charge in [-0.25, -0.2) is 4.39 Å². The van der Waals surface area contributed by atoms with Crippen LogP contribution in [0.2, 0.25) is 5.02 Å². The molecule has 1 fully saturated rings. The molecule has 1 aliphatic carbocycles. The van der Waals surface area contributed by atoms with Crippen LogP contribution in [0.5, 0.6) is 0 Å². The molecule has 2 rings (SSSR count). The monoisotopic (exact) mass is 297 g/mol. The normalized spacial score (nSPS) is 26.7. The Bertz CT molecular complexity index is 435. The molecule has 1 aromatic rings. The molecule has 0 amide bonds. The van der Waals surface area contributed by atoms with Crippen molar-refractivity contribution in [2.75, 3.05) is 13.6 Å². The van der Waals surface area contributed by atoms with Crippen LogP contribution >= 0.6 is 11.6 Å². The van der Waals surface area contributed by atoms with Crippen molar-refractivity contribution >= 4 is 11.6 Å². The lowest BCUT2D eigenvalue weighted by Crippen LogP contribution is -2.33. The van der Waals surface area contributed by atoms with Crippen molar-refractivity contribution < 1.29 is 4.39 Å². The SMILES string of the molecule is CCC1CCC(CNC)C(Cc2ccc(F)cc2Cl)C1. The topological polar surface area (TPSA) is 12.0 Å². The van der Waals surface area contributed by atoms with E-state index in [1.165, 1.54) is 37.8 Å². The summed E-state index contributed by atoms with van der Waals surface area (Å²) in [6.07, 6.45) is 6.15. The van der Waals surface area contributed by atoms with E-state index < -0.39 is 0 Å². The summed E-state index contributed by atoms with van der Waals surface area (Å²) >= 11 is 6.19. The van der Waals surface area contributed by atoms with Gasteiger partial charge in [0.1, 0.15) is 5.82 Å². The highest BCUT2D eigenvalue weighted by atomic mass is 35.5. The molecule has 3 unspecified atom stereocenters. The minimum atomic E-state index is -0.249. The predicted octanol–water partition coefficient (Wildman–Crippen LogP) is 4.68. The molecule has 0 aromatic heterocycles. The van der Waals surface area contributed by atoms with Gasteiger partial charge < -0.3 is 5.32 Å². The molecule has 0 saturated heterocycles. The quantitative estimate of drug-likeness (QED) is 0.832. The van der Waals surface area contributed by atoms with Crippen LogP contribution in [-0.4, -0.2) is 13.6 Å². The van der Waals surface area contributed by atoms with Gasteiger partial charge in [-0.1, -0.05) is 37.4 Å². The number of rotatable bonds is 5. The number of nitrogens with one attached hydrogen (secondary N) is 1. The van der Waals surface area contributed by atoms with Crippen molar-refractivity contribution in [1.29, 1.82) is 0 Å². The van der Waals surface area contributed by atoms with Crippen LogP contribution in [0.1, 0.15) is 38.2 Å². The molecular formula is C17H25ClFN. The molecule has 1 N–H and O–H groups in total. The van der Waals surface area contributed by atoms with Crippen molar-refractivity contribution in [2.45, 2.75) is 39.0 Å². The second kappa shape index (κ2) is 7.42. The Morgan fingerprint density at radius 3 is 2.75 bits per heavy atom. The smallest absolute Gasteiger partial charge is 0.124 e. The van der Waals surface area contributed by atoms with E-state index in [0.717, 1.165) is 24.4 Å². The maximum absolute atomic E-state index is 13.1. The summed E-state index contributed by atoms with van der Waals surface area (Å²) in [6, 6.07) is 4.81. The van der Waals surface area contributed by atoms with Crippen molar-refractivity contribution in [1.82, 2.24) is 5.32 Å². The molecule has 3 heteroatoms. The molecule has 1 nitrogen and oxygen atoms in total. The molecule has 1 saturated carbocycles. The average Bonchev–Trinajstić information content (AvgIpc) is 2.44. The van der Waals surface area contributed by atoms with Crippen LogP contribution in [0.15, 0.2) is 18.2 Å². The fourth-order valence-corrected chi connectivity index (χ4v) is 3.79. The molecule has 0 heterocycles. The zero-order valence-electron chi connectivity index (χ0n) is 12.5. The maximum atomic E-state index is 13.1. The fraction of sp³-hybridized carbons (Fsp3) is 0.647. The van der Waals surface area contributed by atoms with Gasteiger partial charge in [0, 0.05) is 5.02 Å². The fourth-order valence-electron chi connectivity index (χ4n) is 3.55. The van der Waals surface area contributed by atoms with Gasteiger partial charge in [0.05, 0.1) is 0 Å². The second-order valence-corrected chi connectivity index (χ2v) is 6.51. The van der Waals surface area contributed by atoms with Crippen LogP contribution in [-0.2, 0) is 6.42 Å². The minimum Gasteiger partial charge on any atom is -0.319 e. The summed E-state index contributed by atoms with van der Waals surface area (Å²) in [6.45, 7) is 3.35. The number of hydrogen-bond donors (Lipinski definition) is 1. The maximum Gasteiger partial charge on any atom is 0.124 e. The van der Waals surface area contributed by atoms with Crippen molar-refractivity contribution in [3.63, 3.8) is 0 Å². The third kappa shape index (κ3) is 3.95. The Kier molecular flexibility index (Phi) is 5.86. The third-order valence-electron chi connectivity index (χ3n) is 4.79. The lowest BCUT2D eigenvalue weighted by Gasteiger charge is -2.36. The summed E-state index contributed by atoms with van der Waals surface area (Å²) in [5.41, 5.74) is 1.09. The van der Waals surface area contributed by atoms with E-state index in [4.69, 9.17) is 11.6 Å². The predicted molar refractivity (Wildman–Crippen MR) is 83.7 cm³/mol. The van der Waals surface area contributed by atoms with Gasteiger partial charge in [-0.05, 0) is 68.3 Å². The molecule has 0 radical (unpaired) electrons. The van der Waals surface area contributed by atoms with Crippen molar-refractivity contribution in [2.24, 2.45) is 17.8 Å². The zero-order chi connectivity index (χ0) is 14.5. The molecule has 0 bridgehead atoms. The van der Waals surface area contributed by atoms with E-state index in [0.29, 0.717) is 16.9 Å². The second-order valence-electron chi connectivity index (χ2n) is 6.11. The van der Waals surface area contributed by atoms with E-state index in [9.17, 15) is 4.39 Å². The minimum absolute atomic E-state index is 0.249. The van der Waals surface area contributed by atoms with Gasteiger partial charge in [0.15, 0.2) is 0 Å². The van der Waals surface area contributed by atoms with Gasteiger partial charge >= 0.3 is 0 Å². The zero-order valence-corrected chi connectivity index (χ0v) is 13.2. The summed E-state index contributed by atoms with van der Waals surface area (Å²) in [7, 11) is 2.02. The number of benzene rings is 1. The van der Waals surface area contributed by atoms with E-state index in [-0.39, 0.29) is 5.82 Å². The first kappa shape index (κ1) is 15.8.